The predicted molar refractivity (Wildman–Crippen MR) is 222 cm³/mol. The van der Waals surface area contributed by atoms with E-state index in [1.54, 1.807) is 0 Å². The molecule has 1 aliphatic heterocycles. The van der Waals surface area contributed by atoms with Crippen LogP contribution in [0.1, 0.15) is 136 Å². The molecule has 54 heavy (non-hydrogen) atoms. The van der Waals surface area contributed by atoms with Crippen LogP contribution < -0.4 is 0 Å². The number of nitrogens with zero attached hydrogens (tertiary/aromatic N) is 1. The summed E-state index contributed by atoms with van der Waals surface area (Å²) in [7, 11) is -2.54. The van der Waals surface area contributed by atoms with Gasteiger partial charge in [-0.25, -0.2) is 4.79 Å². The Hall–Kier alpha value is -2.35. The van der Waals surface area contributed by atoms with Gasteiger partial charge in [0.1, 0.15) is 5.60 Å². The Morgan fingerprint density at radius 2 is 1.56 bits per heavy atom. The summed E-state index contributed by atoms with van der Waals surface area (Å²) in [5.74, 6) is 3.09. The van der Waals surface area contributed by atoms with E-state index in [2.05, 4.69) is 72.4 Å². The number of carbonyl (C=O) groups is 2. The summed E-state index contributed by atoms with van der Waals surface area (Å²) in [6, 6.07) is 8.14. The molecule has 0 unspecified atom stereocenters. The normalized spacial score (nSPS) is 40.4. The van der Waals surface area contributed by atoms with Crippen LogP contribution in [-0.4, -0.2) is 56.1 Å². The minimum atomic E-state index is -2.54. The first-order chi connectivity index (χ1) is 25.1. The Morgan fingerprint density at radius 1 is 0.889 bits per heavy atom. The number of esters is 1. The van der Waals surface area contributed by atoms with Crippen molar-refractivity contribution < 1.29 is 23.4 Å². The predicted octanol–water partition coefficient (Wildman–Crippen LogP) is 11.4. The van der Waals surface area contributed by atoms with Crippen LogP contribution in [0, 0.1) is 56.7 Å². The second-order valence-corrected chi connectivity index (χ2v) is 23.3. The van der Waals surface area contributed by atoms with Crippen molar-refractivity contribution in [3.8, 4) is 0 Å². The number of hydrogen-bond acceptors (Lipinski definition) is 5. The lowest BCUT2D eigenvalue weighted by atomic mass is 9.32. The Kier molecular flexibility index (Phi) is 9.87. The van der Waals surface area contributed by atoms with Gasteiger partial charge in [0.15, 0.2) is 0 Å². The molecule has 6 nitrogen and oxygen atoms in total. The molecule has 1 heterocycles. The van der Waals surface area contributed by atoms with Crippen LogP contribution in [-0.2, 0) is 9.53 Å². The van der Waals surface area contributed by atoms with E-state index in [1.165, 1.54) is 48.8 Å². The molecule has 1 amide bonds. The van der Waals surface area contributed by atoms with Gasteiger partial charge < -0.3 is 9.64 Å². The van der Waals surface area contributed by atoms with E-state index in [4.69, 9.17) is 4.74 Å². The van der Waals surface area contributed by atoms with E-state index in [0.29, 0.717) is 48.2 Å². The molecule has 5 aliphatic carbocycles. The van der Waals surface area contributed by atoms with Gasteiger partial charge >= 0.3 is 5.97 Å². The topological polar surface area (TPSA) is 87.1 Å². The summed E-state index contributed by atoms with van der Waals surface area (Å²) in [5, 5.41) is 0. The zero-order chi connectivity index (χ0) is 39.3. The molecule has 1 aromatic carbocycles. The SMILES string of the molecule is C=C(C)[C@@H]1CC[C@]2(/C=C/C(=O)N3CCS(O)(O)CC3)CC[C@]3(C)[C@H](CC[C@@H]4[C@@]5(C)CC=C(c6ccc(C(=O)OC(C)(C)C)cc6)C(C)(C)[C@@H]5CC[C@]43C)[C@@H]12. The number of allylic oxidation sites excluding steroid dienone is 4. The van der Waals surface area contributed by atoms with Crippen molar-refractivity contribution in [2.75, 3.05) is 24.6 Å². The van der Waals surface area contributed by atoms with Crippen LogP contribution in [0.5, 0.6) is 0 Å². The second-order valence-electron chi connectivity index (χ2n) is 20.9. The fraction of sp³-hybridized carbons (Fsp3) is 0.702. The quantitative estimate of drug-likeness (QED) is 0.177. The van der Waals surface area contributed by atoms with Crippen molar-refractivity contribution >= 4 is 28.0 Å². The first-order valence-electron chi connectivity index (χ1n) is 21.0. The summed E-state index contributed by atoms with van der Waals surface area (Å²) >= 11 is 0. The Bertz CT molecular complexity index is 1730. The molecule has 0 spiro atoms. The fourth-order valence-electron chi connectivity index (χ4n) is 14.0. The van der Waals surface area contributed by atoms with E-state index in [1.807, 2.05) is 43.9 Å². The van der Waals surface area contributed by atoms with Gasteiger partial charge in [-0.1, -0.05) is 71.1 Å². The molecule has 0 aromatic heterocycles. The minimum Gasteiger partial charge on any atom is -0.456 e. The molecule has 0 radical (unpaired) electrons. The highest BCUT2D eigenvalue weighted by atomic mass is 32.3. The monoisotopic (exact) mass is 759 g/mol. The van der Waals surface area contributed by atoms with Crippen LogP contribution in [0.15, 0.2) is 54.6 Å². The van der Waals surface area contributed by atoms with Gasteiger partial charge in [-0.05, 0) is 171 Å². The lowest BCUT2D eigenvalue weighted by Gasteiger charge is -2.72. The van der Waals surface area contributed by atoms with Crippen molar-refractivity contribution in [1.82, 2.24) is 4.90 Å². The van der Waals surface area contributed by atoms with Crippen LogP contribution in [0.2, 0.25) is 0 Å². The van der Waals surface area contributed by atoms with E-state index in [0.717, 1.165) is 25.7 Å². The van der Waals surface area contributed by atoms with Crippen molar-refractivity contribution in [1.29, 1.82) is 0 Å². The average Bonchev–Trinajstić information content (AvgIpc) is 3.47. The van der Waals surface area contributed by atoms with Gasteiger partial charge in [0.2, 0.25) is 5.91 Å². The van der Waals surface area contributed by atoms with E-state index in [-0.39, 0.29) is 50.5 Å². The number of ether oxygens (including phenoxy) is 1. The number of hydrogen-bond donors (Lipinski definition) is 2. The maximum absolute atomic E-state index is 13.5. The number of benzene rings is 1. The van der Waals surface area contributed by atoms with Gasteiger partial charge in [-0.2, -0.15) is 10.6 Å². The Morgan fingerprint density at radius 3 is 2.19 bits per heavy atom. The van der Waals surface area contributed by atoms with Crippen LogP contribution in [0.3, 0.4) is 0 Å². The minimum absolute atomic E-state index is 0.000584. The van der Waals surface area contributed by atoms with Gasteiger partial charge in [0.25, 0.3) is 0 Å². The fourth-order valence-corrected chi connectivity index (χ4v) is 15.2. The maximum atomic E-state index is 13.5. The van der Waals surface area contributed by atoms with Gasteiger partial charge in [0, 0.05) is 13.1 Å². The lowest BCUT2D eigenvalue weighted by molar-refractivity contribution is -0.221. The molecule has 7 rings (SSSR count). The molecular formula is C47H69NO5S. The third kappa shape index (κ3) is 6.39. The molecule has 7 heteroatoms. The van der Waals surface area contributed by atoms with Crippen molar-refractivity contribution in [3.63, 3.8) is 0 Å². The van der Waals surface area contributed by atoms with Crippen LogP contribution >= 0.6 is 10.6 Å². The highest BCUT2D eigenvalue weighted by molar-refractivity contribution is 8.24. The Balaban J connectivity index is 1.15. The average molecular weight is 760 g/mol. The molecule has 5 fully saturated rings. The standard InChI is InChI=1S/C47H69NO5S/c1-31(2)34-17-23-47(24-20-39(49)48-27-29-54(51,52)30-28-48)26-25-45(9)36(40(34)47)15-16-38-44(8)21-18-35(43(6,7)37(44)19-22-46(38,45)10)32-11-13-33(14-12-32)41(50)53-42(3,4)5/h11-14,18,20,24,34,36-38,40,51-52H,1,15-17,19,21-23,25-30H2,2-10H3/b24-20+/t34-,36+,37-,38+,40+,44-,45+,46+,47-/m0/s1. The lowest BCUT2D eigenvalue weighted by Crippen LogP contribution is -2.65. The summed E-state index contributed by atoms with van der Waals surface area (Å²) in [6.45, 7) is 26.3. The summed E-state index contributed by atoms with van der Waals surface area (Å²) < 4.78 is 25.9. The van der Waals surface area contributed by atoms with Crippen molar-refractivity contribution in [2.24, 2.45) is 56.7 Å². The maximum Gasteiger partial charge on any atom is 0.338 e. The van der Waals surface area contributed by atoms with Crippen molar-refractivity contribution in [2.45, 2.75) is 126 Å². The third-order valence-electron chi connectivity index (χ3n) is 16.8. The number of rotatable bonds is 5. The highest BCUT2D eigenvalue weighted by Crippen LogP contribution is 2.78. The number of carbonyl (C=O) groups excluding carboxylic acids is 2. The third-order valence-corrected chi connectivity index (χ3v) is 18.5. The highest BCUT2D eigenvalue weighted by Gasteiger charge is 2.70. The van der Waals surface area contributed by atoms with Gasteiger partial charge in [-0.15, -0.1) is 0 Å². The smallest absolute Gasteiger partial charge is 0.338 e. The Labute approximate surface area is 328 Å². The largest absolute Gasteiger partial charge is 0.456 e. The van der Waals surface area contributed by atoms with E-state index >= 15 is 0 Å². The van der Waals surface area contributed by atoms with E-state index in [9.17, 15) is 18.7 Å². The van der Waals surface area contributed by atoms with Crippen molar-refractivity contribution in [3.05, 3.63) is 65.8 Å². The first-order valence-corrected chi connectivity index (χ1v) is 22.9. The molecule has 4 saturated carbocycles. The zero-order valence-electron chi connectivity index (χ0n) is 34.8. The van der Waals surface area contributed by atoms with Gasteiger partial charge in [-0.3, -0.25) is 13.9 Å². The summed E-state index contributed by atoms with van der Waals surface area (Å²) in [6.07, 6.45) is 17.4. The first kappa shape index (κ1) is 39.9. The summed E-state index contributed by atoms with van der Waals surface area (Å²) in [4.78, 5) is 28.1. The summed E-state index contributed by atoms with van der Waals surface area (Å²) in [5.41, 5.74) is 4.67. The molecule has 1 saturated heterocycles. The molecule has 2 N–H and O–H groups in total. The molecule has 0 bridgehead atoms. The molecule has 1 aromatic rings. The molecule has 6 aliphatic rings. The van der Waals surface area contributed by atoms with E-state index < -0.39 is 16.2 Å². The molecule has 9 atom stereocenters. The van der Waals surface area contributed by atoms with Gasteiger partial charge in [0.05, 0.1) is 17.1 Å². The van der Waals surface area contributed by atoms with Crippen LogP contribution in [0.4, 0.5) is 0 Å². The van der Waals surface area contributed by atoms with Crippen LogP contribution in [0.25, 0.3) is 5.57 Å². The number of fused-ring (bicyclic) bond motifs is 7. The molecular weight excluding hydrogens is 691 g/mol. The zero-order valence-corrected chi connectivity index (χ0v) is 35.6. The number of amides is 1. The molecule has 298 valence electrons. The second kappa shape index (κ2) is 13.4.